The number of amides is 2. The summed E-state index contributed by atoms with van der Waals surface area (Å²) in [7, 11) is 0. The van der Waals surface area contributed by atoms with Gasteiger partial charge >= 0.3 is 5.97 Å². The molecule has 136 valence electrons. The van der Waals surface area contributed by atoms with Crippen LogP contribution in [0, 0.1) is 13.8 Å². The highest BCUT2D eigenvalue weighted by Crippen LogP contribution is 2.16. The molecule has 6 nitrogen and oxygen atoms in total. The van der Waals surface area contributed by atoms with Crippen LogP contribution in [-0.4, -0.2) is 23.9 Å². The molecule has 2 rings (SSSR count). The van der Waals surface area contributed by atoms with Crippen LogP contribution in [0.1, 0.15) is 35.3 Å². The molecule has 2 aromatic rings. The number of hydrogen-bond donors (Lipinski definition) is 2. The molecular weight excluding hydrogens is 332 g/mol. The minimum Gasteiger partial charge on any atom is -0.449 e. The lowest BCUT2D eigenvalue weighted by Crippen LogP contribution is -2.30. The van der Waals surface area contributed by atoms with Gasteiger partial charge in [-0.1, -0.05) is 12.1 Å². The smallest absolute Gasteiger partial charge is 0.339 e. The Bertz CT molecular complexity index is 828. The number of anilines is 2. The Balaban J connectivity index is 1.97. The molecule has 2 N–H and O–H groups in total. The lowest BCUT2D eigenvalue weighted by Gasteiger charge is -2.15. The first-order chi connectivity index (χ1) is 12.3. The molecule has 0 radical (unpaired) electrons. The topological polar surface area (TPSA) is 84.5 Å². The lowest BCUT2D eigenvalue weighted by molar-refractivity contribution is -0.123. The first kappa shape index (κ1) is 19.2. The van der Waals surface area contributed by atoms with Crippen LogP contribution < -0.4 is 10.6 Å². The third kappa shape index (κ3) is 4.92. The number of esters is 1. The monoisotopic (exact) mass is 354 g/mol. The zero-order chi connectivity index (χ0) is 19.3. The Morgan fingerprint density at radius 3 is 2.08 bits per heavy atom. The fourth-order valence-electron chi connectivity index (χ4n) is 2.33. The van der Waals surface area contributed by atoms with Crippen LogP contribution in [0.15, 0.2) is 42.5 Å². The van der Waals surface area contributed by atoms with Crippen molar-refractivity contribution in [2.24, 2.45) is 0 Å². The Labute approximate surface area is 152 Å². The van der Waals surface area contributed by atoms with E-state index in [1.165, 1.54) is 13.8 Å². The second-order valence-electron chi connectivity index (χ2n) is 6.04. The van der Waals surface area contributed by atoms with Gasteiger partial charge in [-0.25, -0.2) is 4.79 Å². The van der Waals surface area contributed by atoms with Gasteiger partial charge < -0.3 is 15.4 Å². The predicted molar refractivity (Wildman–Crippen MR) is 100 cm³/mol. The van der Waals surface area contributed by atoms with Gasteiger partial charge in [0, 0.05) is 18.3 Å². The SMILES string of the molecule is CC(=O)Nc1ccc(NC(=O)[C@@H](C)OC(=O)c2cccc(C)c2C)cc1. The molecule has 2 amide bonds. The molecule has 0 aliphatic rings. The van der Waals surface area contributed by atoms with Crippen molar-refractivity contribution >= 4 is 29.2 Å². The standard InChI is InChI=1S/C20H22N2O4/c1-12-6-5-7-18(13(12)2)20(25)26-14(3)19(24)22-17-10-8-16(9-11-17)21-15(4)23/h5-11,14H,1-4H3,(H,21,23)(H,22,24)/t14-/m1/s1. The van der Waals surface area contributed by atoms with Gasteiger partial charge in [-0.2, -0.15) is 0 Å². The molecule has 0 spiro atoms. The molecule has 0 saturated heterocycles. The molecule has 0 saturated carbocycles. The number of benzene rings is 2. The third-order valence-corrected chi connectivity index (χ3v) is 3.95. The van der Waals surface area contributed by atoms with E-state index in [0.29, 0.717) is 16.9 Å². The first-order valence-electron chi connectivity index (χ1n) is 8.23. The Morgan fingerprint density at radius 1 is 0.923 bits per heavy atom. The van der Waals surface area contributed by atoms with E-state index in [1.807, 2.05) is 19.9 Å². The Morgan fingerprint density at radius 2 is 1.50 bits per heavy atom. The molecule has 0 aliphatic carbocycles. The van der Waals surface area contributed by atoms with E-state index in [-0.39, 0.29) is 5.91 Å². The van der Waals surface area contributed by atoms with Crippen LogP contribution in [0.2, 0.25) is 0 Å². The number of nitrogens with one attached hydrogen (secondary N) is 2. The first-order valence-corrected chi connectivity index (χ1v) is 8.23. The summed E-state index contributed by atoms with van der Waals surface area (Å²) in [6.45, 7) is 6.69. The molecule has 0 bridgehead atoms. The van der Waals surface area contributed by atoms with Gasteiger partial charge in [0.25, 0.3) is 5.91 Å². The number of aryl methyl sites for hydroxylation is 1. The molecule has 0 heterocycles. The van der Waals surface area contributed by atoms with Gasteiger partial charge in [0.05, 0.1) is 5.56 Å². The molecular formula is C20H22N2O4. The average Bonchev–Trinajstić information content (AvgIpc) is 2.58. The molecule has 6 heteroatoms. The Kier molecular flexibility index (Phi) is 6.11. The average molecular weight is 354 g/mol. The van der Waals surface area contributed by atoms with E-state index >= 15 is 0 Å². The zero-order valence-corrected chi connectivity index (χ0v) is 15.3. The van der Waals surface area contributed by atoms with E-state index in [1.54, 1.807) is 36.4 Å². The van der Waals surface area contributed by atoms with E-state index in [9.17, 15) is 14.4 Å². The molecule has 2 aromatic carbocycles. The third-order valence-electron chi connectivity index (χ3n) is 3.95. The largest absolute Gasteiger partial charge is 0.449 e. The highest BCUT2D eigenvalue weighted by Gasteiger charge is 2.20. The summed E-state index contributed by atoms with van der Waals surface area (Å²) in [5.41, 5.74) is 3.43. The second kappa shape index (κ2) is 8.29. The summed E-state index contributed by atoms with van der Waals surface area (Å²) in [6, 6.07) is 12.0. The molecule has 0 aliphatic heterocycles. The van der Waals surface area contributed by atoms with Crippen LogP contribution in [-0.2, 0) is 14.3 Å². The Hall–Kier alpha value is -3.15. The summed E-state index contributed by atoms with van der Waals surface area (Å²) < 4.78 is 5.27. The number of rotatable bonds is 5. The summed E-state index contributed by atoms with van der Waals surface area (Å²) in [4.78, 5) is 35.5. The normalized spacial score (nSPS) is 11.4. The minimum absolute atomic E-state index is 0.172. The van der Waals surface area contributed by atoms with Crippen molar-refractivity contribution in [3.8, 4) is 0 Å². The summed E-state index contributed by atoms with van der Waals surface area (Å²) in [6.07, 6.45) is -0.947. The fraction of sp³-hybridized carbons (Fsp3) is 0.250. The van der Waals surface area contributed by atoms with Crippen molar-refractivity contribution in [3.05, 3.63) is 59.2 Å². The van der Waals surface area contributed by atoms with Crippen LogP contribution >= 0.6 is 0 Å². The van der Waals surface area contributed by atoms with Crippen molar-refractivity contribution in [2.75, 3.05) is 10.6 Å². The predicted octanol–water partition coefficient (Wildman–Crippen LogP) is 3.45. The molecule has 0 aromatic heterocycles. The van der Waals surface area contributed by atoms with Crippen molar-refractivity contribution in [1.29, 1.82) is 0 Å². The summed E-state index contributed by atoms with van der Waals surface area (Å²) in [5.74, 6) is -1.14. The highest BCUT2D eigenvalue weighted by atomic mass is 16.5. The van der Waals surface area contributed by atoms with Gasteiger partial charge in [-0.05, 0) is 62.2 Å². The van der Waals surface area contributed by atoms with Crippen molar-refractivity contribution in [3.63, 3.8) is 0 Å². The van der Waals surface area contributed by atoms with Gasteiger partial charge in [0.15, 0.2) is 6.10 Å². The van der Waals surface area contributed by atoms with Crippen LogP contribution in [0.3, 0.4) is 0 Å². The highest BCUT2D eigenvalue weighted by molar-refractivity contribution is 5.98. The molecule has 0 unspecified atom stereocenters. The van der Waals surface area contributed by atoms with Gasteiger partial charge in [-0.15, -0.1) is 0 Å². The summed E-state index contributed by atoms with van der Waals surface area (Å²) in [5, 5.41) is 5.32. The van der Waals surface area contributed by atoms with E-state index in [2.05, 4.69) is 10.6 Å². The van der Waals surface area contributed by atoms with E-state index < -0.39 is 18.0 Å². The summed E-state index contributed by atoms with van der Waals surface area (Å²) >= 11 is 0. The number of carbonyl (C=O) groups is 3. The van der Waals surface area contributed by atoms with Crippen LogP contribution in [0.25, 0.3) is 0 Å². The maximum Gasteiger partial charge on any atom is 0.339 e. The maximum absolute atomic E-state index is 12.3. The minimum atomic E-state index is -0.947. The zero-order valence-electron chi connectivity index (χ0n) is 15.3. The van der Waals surface area contributed by atoms with Gasteiger partial charge in [-0.3, -0.25) is 9.59 Å². The van der Waals surface area contributed by atoms with E-state index in [0.717, 1.165) is 11.1 Å². The van der Waals surface area contributed by atoms with Crippen molar-refractivity contribution < 1.29 is 19.1 Å². The number of carbonyl (C=O) groups excluding carboxylic acids is 3. The van der Waals surface area contributed by atoms with Gasteiger partial charge in [0.2, 0.25) is 5.91 Å². The number of ether oxygens (including phenoxy) is 1. The second-order valence-corrected chi connectivity index (χ2v) is 6.04. The fourth-order valence-corrected chi connectivity index (χ4v) is 2.33. The van der Waals surface area contributed by atoms with Crippen LogP contribution in [0.5, 0.6) is 0 Å². The van der Waals surface area contributed by atoms with Crippen molar-refractivity contribution in [2.45, 2.75) is 33.8 Å². The quantitative estimate of drug-likeness (QED) is 0.806. The van der Waals surface area contributed by atoms with Gasteiger partial charge in [0.1, 0.15) is 0 Å². The van der Waals surface area contributed by atoms with Crippen LogP contribution in [0.4, 0.5) is 11.4 Å². The molecule has 26 heavy (non-hydrogen) atoms. The van der Waals surface area contributed by atoms with Crippen molar-refractivity contribution in [1.82, 2.24) is 0 Å². The molecule has 0 fully saturated rings. The van der Waals surface area contributed by atoms with E-state index in [4.69, 9.17) is 4.74 Å². The lowest BCUT2D eigenvalue weighted by atomic mass is 10.0. The molecule has 1 atom stereocenters. The maximum atomic E-state index is 12.3. The number of hydrogen-bond acceptors (Lipinski definition) is 4.